The molecule has 6 heteroatoms. The summed E-state index contributed by atoms with van der Waals surface area (Å²) in [6, 6.07) is 7.54. The Hall–Kier alpha value is -1.30. The summed E-state index contributed by atoms with van der Waals surface area (Å²) in [7, 11) is 0. The van der Waals surface area contributed by atoms with Crippen molar-refractivity contribution in [3.05, 3.63) is 29.8 Å². The van der Waals surface area contributed by atoms with Crippen LogP contribution < -0.4 is 15.4 Å². The Balaban J connectivity index is 0.00000220. The fourth-order valence-electron chi connectivity index (χ4n) is 2.29. The Morgan fingerprint density at radius 2 is 2.10 bits per heavy atom. The van der Waals surface area contributed by atoms with Crippen molar-refractivity contribution >= 4 is 18.3 Å². The molecule has 1 aromatic rings. The van der Waals surface area contributed by atoms with Gasteiger partial charge in [0, 0.05) is 25.6 Å². The van der Waals surface area contributed by atoms with Gasteiger partial charge in [0.25, 0.3) is 0 Å². The van der Waals surface area contributed by atoms with Crippen molar-refractivity contribution in [2.45, 2.75) is 19.4 Å². The van der Waals surface area contributed by atoms with Crippen LogP contribution in [0.4, 0.5) is 0 Å². The van der Waals surface area contributed by atoms with Gasteiger partial charge in [-0.25, -0.2) is 0 Å². The summed E-state index contributed by atoms with van der Waals surface area (Å²) < 4.78 is 5.36. The lowest BCUT2D eigenvalue weighted by Gasteiger charge is -2.14. The lowest BCUT2D eigenvalue weighted by Crippen LogP contribution is -2.35. The van der Waals surface area contributed by atoms with Crippen LogP contribution in [-0.4, -0.2) is 43.4 Å². The number of halogens is 1. The maximum absolute atomic E-state index is 11.8. The van der Waals surface area contributed by atoms with Gasteiger partial charge >= 0.3 is 0 Å². The van der Waals surface area contributed by atoms with E-state index in [1.165, 1.54) is 0 Å². The molecule has 2 unspecified atom stereocenters. The van der Waals surface area contributed by atoms with Crippen molar-refractivity contribution in [3.8, 4) is 5.75 Å². The third-order valence-electron chi connectivity index (χ3n) is 3.46. The number of β-amino-alcohol motifs (C(OH)–C–C–N with tert-alkyl or cyclic N) is 1. The molecule has 1 saturated heterocycles. The van der Waals surface area contributed by atoms with Crippen LogP contribution in [0.2, 0.25) is 0 Å². The molecule has 118 valence electrons. The van der Waals surface area contributed by atoms with E-state index in [0.717, 1.165) is 17.9 Å². The zero-order valence-corrected chi connectivity index (χ0v) is 13.0. The zero-order chi connectivity index (χ0) is 14.4. The molecule has 1 fully saturated rings. The number of rotatable bonds is 6. The first-order chi connectivity index (χ1) is 9.69. The Labute approximate surface area is 131 Å². The first kappa shape index (κ1) is 17.8. The SMILES string of the molecule is CCOc1ccc(CC(=O)NCC2CNCC2O)cc1.Cl. The van der Waals surface area contributed by atoms with Gasteiger partial charge in [-0.05, 0) is 24.6 Å². The maximum Gasteiger partial charge on any atom is 0.224 e. The normalized spacial score (nSPS) is 20.7. The van der Waals surface area contributed by atoms with Gasteiger partial charge in [-0.15, -0.1) is 12.4 Å². The van der Waals surface area contributed by atoms with Crippen molar-refractivity contribution in [1.82, 2.24) is 10.6 Å². The molecule has 5 nitrogen and oxygen atoms in total. The molecule has 0 aromatic heterocycles. The number of carbonyl (C=O) groups is 1. The molecule has 3 N–H and O–H groups in total. The quantitative estimate of drug-likeness (QED) is 0.724. The molecule has 0 bridgehead atoms. The number of hydrogen-bond acceptors (Lipinski definition) is 4. The summed E-state index contributed by atoms with van der Waals surface area (Å²) in [5.74, 6) is 0.907. The molecule has 2 atom stereocenters. The monoisotopic (exact) mass is 314 g/mol. The van der Waals surface area contributed by atoms with E-state index in [2.05, 4.69) is 10.6 Å². The van der Waals surface area contributed by atoms with Crippen molar-refractivity contribution < 1.29 is 14.6 Å². The lowest BCUT2D eigenvalue weighted by molar-refractivity contribution is -0.120. The zero-order valence-electron chi connectivity index (χ0n) is 12.2. The molecule has 1 heterocycles. The molecule has 1 aliphatic heterocycles. The Kier molecular flexibility index (Phi) is 7.50. The maximum atomic E-state index is 11.8. The Morgan fingerprint density at radius 3 is 2.67 bits per heavy atom. The second-order valence-corrected chi connectivity index (χ2v) is 5.04. The standard InChI is InChI=1S/C15H22N2O3.ClH/c1-2-20-13-5-3-11(4-6-13)7-15(19)17-9-12-8-16-10-14(12)18;/h3-6,12,14,16,18H,2,7-10H2,1H3,(H,17,19);1H. The van der Waals surface area contributed by atoms with Crippen molar-refractivity contribution in [1.29, 1.82) is 0 Å². The molecule has 21 heavy (non-hydrogen) atoms. The summed E-state index contributed by atoms with van der Waals surface area (Å²) in [4.78, 5) is 11.8. The van der Waals surface area contributed by atoms with Crippen molar-refractivity contribution in [3.63, 3.8) is 0 Å². The largest absolute Gasteiger partial charge is 0.494 e. The molecular weight excluding hydrogens is 292 g/mol. The highest BCUT2D eigenvalue weighted by Gasteiger charge is 2.24. The summed E-state index contributed by atoms with van der Waals surface area (Å²) in [5, 5.41) is 15.6. The van der Waals surface area contributed by atoms with E-state index in [9.17, 15) is 9.90 Å². The van der Waals surface area contributed by atoms with Crippen LogP contribution in [0.3, 0.4) is 0 Å². The fourth-order valence-corrected chi connectivity index (χ4v) is 2.29. The van der Waals surface area contributed by atoms with Gasteiger partial charge in [-0.1, -0.05) is 12.1 Å². The van der Waals surface area contributed by atoms with Gasteiger partial charge < -0.3 is 20.5 Å². The van der Waals surface area contributed by atoms with Crippen molar-refractivity contribution in [2.24, 2.45) is 5.92 Å². The predicted molar refractivity (Wildman–Crippen MR) is 83.9 cm³/mol. The third kappa shape index (κ3) is 5.53. The van der Waals surface area contributed by atoms with E-state index < -0.39 is 0 Å². The second-order valence-electron chi connectivity index (χ2n) is 5.04. The molecule has 2 rings (SSSR count). The minimum atomic E-state index is -0.360. The van der Waals surface area contributed by atoms with E-state index in [-0.39, 0.29) is 30.3 Å². The van der Waals surface area contributed by atoms with Crippen LogP contribution in [0.1, 0.15) is 12.5 Å². The number of carbonyl (C=O) groups excluding carboxylic acids is 1. The summed E-state index contributed by atoms with van der Waals surface area (Å²) in [6.45, 7) is 4.46. The lowest BCUT2D eigenvalue weighted by atomic mass is 10.1. The highest BCUT2D eigenvalue weighted by Crippen LogP contribution is 2.12. The summed E-state index contributed by atoms with van der Waals surface area (Å²) >= 11 is 0. The van der Waals surface area contributed by atoms with Crippen LogP contribution in [0, 0.1) is 5.92 Å². The average molecular weight is 315 g/mol. The van der Waals surface area contributed by atoms with Crippen LogP contribution >= 0.6 is 12.4 Å². The number of nitrogens with one attached hydrogen (secondary N) is 2. The van der Waals surface area contributed by atoms with Crippen LogP contribution in [0.5, 0.6) is 5.75 Å². The predicted octanol–water partition coefficient (Wildman–Crippen LogP) is 0.746. The first-order valence-electron chi connectivity index (χ1n) is 7.06. The van der Waals surface area contributed by atoms with E-state index in [1.54, 1.807) is 0 Å². The third-order valence-corrected chi connectivity index (χ3v) is 3.46. The molecule has 0 spiro atoms. The number of aliphatic hydroxyl groups excluding tert-OH is 1. The molecule has 1 aliphatic rings. The van der Waals surface area contributed by atoms with Crippen molar-refractivity contribution in [2.75, 3.05) is 26.2 Å². The highest BCUT2D eigenvalue weighted by molar-refractivity contribution is 5.85. The summed E-state index contributed by atoms with van der Waals surface area (Å²) in [6.07, 6.45) is -0.0105. The second kappa shape index (κ2) is 8.87. The first-order valence-corrected chi connectivity index (χ1v) is 7.06. The highest BCUT2D eigenvalue weighted by atomic mass is 35.5. The molecular formula is C15H23ClN2O3. The van der Waals surface area contributed by atoms with E-state index in [1.807, 2.05) is 31.2 Å². The Bertz CT molecular complexity index is 439. The summed E-state index contributed by atoms with van der Waals surface area (Å²) in [5.41, 5.74) is 0.955. The van der Waals surface area contributed by atoms with Gasteiger partial charge in [-0.2, -0.15) is 0 Å². The smallest absolute Gasteiger partial charge is 0.224 e. The molecule has 0 radical (unpaired) electrons. The van der Waals surface area contributed by atoms with Crippen LogP contribution in [0.25, 0.3) is 0 Å². The van der Waals surface area contributed by atoms with E-state index in [4.69, 9.17) is 4.74 Å². The van der Waals surface area contributed by atoms with Gasteiger partial charge in [0.05, 0.1) is 19.1 Å². The molecule has 0 saturated carbocycles. The van der Waals surface area contributed by atoms with Gasteiger partial charge in [0.15, 0.2) is 0 Å². The topological polar surface area (TPSA) is 70.6 Å². The van der Waals surface area contributed by atoms with Gasteiger partial charge in [0.2, 0.25) is 5.91 Å². The molecule has 0 aliphatic carbocycles. The van der Waals surface area contributed by atoms with Crippen LogP contribution in [0.15, 0.2) is 24.3 Å². The minimum absolute atomic E-state index is 0. The number of amides is 1. The fraction of sp³-hybridized carbons (Fsp3) is 0.533. The number of hydrogen-bond donors (Lipinski definition) is 3. The van der Waals surface area contributed by atoms with E-state index in [0.29, 0.717) is 26.1 Å². The number of ether oxygens (including phenoxy) is 1. The minimum Gasteiger partial charge on any atom is -0.494 e. The molecule has 1 amide bonds. The number of benzene rings is 1. The molecule has 1 aromatic carbocycles. The van der Waals surface area contributed by atoms with E-state index >= 15 is 0 Å². The van der Waals surface area contributed by atoms with Gasteiger partial charge in [-0.3, -0.25) is 4.79 Å². The number of aliphatic hydroxyl groups is 1. The van der Waals surface area contributed by atoms with Gasteiger partial charge in [0.1, 0.15) is 5.75 Å². The Morgan fingerprint density at radius 1 is 1.38 bits per heavy atom. The van der Waals surface area contributed by atoms with Crippen LogP contribution in [-0.2, 0) is 11.2 Å². The average Bonchev–Trinajstić information content (AvgIpc) is 2.84.